The number of nitrogens with two attached hydrogens (primary N) is 1. The van der Waals surface area contributed by atoms with Crippen LogP contribution in [0.3, 0.4) is 0 Å². The average Bonchev–Trinajstić information content (AvgIpc) is 2.93. The predicted molar refractivity (Wildman–Crippen MR) is 62.4 cm³/mol. The molecule has 0 aliphatic heterocycles. The van der Waals surface area contributed by atoms with Crippen LogP contribution in [0.15, 0.2) is 18.2 Å². The maximum absolute atomic E-state index is 9.17. The van der Waals surface area contributed by atoms with Gasteiger partial charge in [0.1, 0.15) is 0 Å². The highest BCUT2D eigenvalue weighted by Gasteiger charge is 2.55. The molecule has 0 amide bonds. The Labute approximate surface area is 99.0 Å². The Hall–Kier alpha value is -0.280. The third-order valence-electron chi connectivity index (χ3n) is 3.28. The maximum atomic E-state index is 9.17. The molecule has 0 heterocycles. The molecular weight excluding hydrogens is 233 g/mol. The topological polar surface area (TPSA) is 46.2 Å². The largest absolute Gasteiger partial charge is 0.396 e. The zero-order chi connectivity index (χ0) is 11.1. The van der Waals surface area contributed by atoms with E-state index >= 15 is 0 Å². The fourth-order valence-corrected chi connectivity index (χ4v) is 3.03. The van der Waals surface area contributed by atoms with Crippen LogP contribution in [0.5, 0.6) is 0 Å². The van der Waals surface area contributed by atoms with Gasteiger partial charge in [-0.3, -0.25) is 0 Å². The van der Waals surface area contributed by atoms with Gasteiger partial charge in [-0.25, -0.2) is 0 Å². The van der Waals surface area contributed by atoms with Gasteiger partial charge in [-0.15, -0.1) is 0 Å². The molecule has 0 radical (unpaired) electrons. The molecule has 1 aliphatic rings. The normalized spacial score (nSPS) is 29.2. The Kier molecular flexibility index (Phi) is 2.95. The van der Waals surface area contributed by atoms with Crippen LogP contribution in [0.2, 0.25) is 10.0 Å². The van der Waals surface area contributed by atoms with Gasteiger partial charge in [-0.1, -0.05) is 29.3 Å². The first-order chi connectivity index (χ1) is 7.15. The predicted octanol–water partition coefficient (Wildman–Crippen LogP) is 2.20. The molecule has 1 fully saturated rings. The van der Waals surface area contributed by atoms with Crippen molar-refractivity contribution in [1.29, 1.82) is 0 Å². The highest BCUT2D eigenvalue weighted by atomic mass is 35.5. The van der Waals surface area contributed by atoms with Gasteiger partial charge in [-0.2, -0.15) is 0 Å². The van der Waals surface area contributed by atoms with Crippen molar-refractivity contribution in [3.63, 3.8) is 0 Å². The van der Waals surface area contributed by atoms with Gasteiger partial charge < -0.3 is 10.8 Å². The lowest BCUT2D eigenvalue weighted by atomic mass is 9.93. The number of aliphatic hydroxyl groups excluding tert-OH is 1. The lowest BCUT2D eigenvalue weighted by molar-refractivity contribution is 0.264. The second-order valence-electron chi connectivity index (χ2n) is 4.04. The summed E-state index contributed by atoms with van der Waals surface area (Å²) in [5.41, 5.74) is 6.47. The number of benzene rings is 1. The summed E-state index contributed by atoms with van der Waals surface area (Å²) in [6.07, 6.45) is 0.865. The molecule has 1 aliphatic carbocycles. The molecule has 3 N–H and O–H groups in total. The molecule has 0 bridgehead atoms. The third-order valence-corrected chi connectivity index (χ3v) is 3.91. The van der Waals surface area contributed by atoms with Crippen LogP contribution in [-0.4, -0.2) is 18.3 Å². The van der Waals surface area contributed by atoms with Gasteiger partial charge in [0.25, 0.3) is 0 Å². The van der Waals surface area contributed by atoms with Crippen molar-refractivity contribution in [2.45, 2.75) is 11.8 Å². The minimum absolute atomic E-state index is 0.138. The van der Waals surface area contributed by atoms with Gasteiger partial charge in [0.05, 0.1) is 0 Å². The number of halogens is 2. The molecular formula is C11H13Cl2NO. The number of hydrogen-bond donors (Lipinski definition) is 2. The lowest BCUT2D eigenvalue weighted by Gasteiger charge is -2.18. The Bertz CT molecular complexity index is 363. The fourth-order valence-electron chi connectivity index (χ4n) is 2.25. The van der Waals surface area contributed by atoms with Gasteiger partial charge in [-0.05, 0) is 30.0 Å². The minimum Gasteiger partial charge on any atom is -0.396 e. The molecule has 82 valence electrons. The van der Waals surface area contributed by atoms with Crippen molar-refractivity contribution in [1.82, 2.24) is 0 Å². The van der Waals surface area contributed by atoms with Crippen LogP contribution in [0.25, 0.3) is 0 Å². The SMILES string of the molecule is NCC1(c2c(Cl)cccc2Cl)CC1CO. The molecule has 1 aromatic rings. The van der Waals surface area contributed by atoms with Crippen molar-refractivity contribution in [2.24, 2.45) is 11.7 Å². The van der Waals surface area contributed by atoms with Crippen molar-refractivity contribution in [3.05, 3.63) is 33.8 Å². The molecule has 0 saturated heterocycles. The molecule has 2 unspecified atom stereocenters. The van der Waals surface area contributed by atoms with Crippen molar-refractivity contribution in [3.8, 4) is 0 Å². The Balaban J connectivity index is 2.45. The van der Waals surface area contributed by atoms with Crippen LogP contribution in [0, 0.1) is 5.92 Å². The summed E-state index contributed by atoms with van der Waals surface area (Å²) in [6, 6.07) is 5.44. The van der Waals surface area contributed by atoms with E-state index in [1.54, 1.807) is 0 Å². The monoisotopic (exact) mass is 245 g/mol. The summed E-state index contributed by atoms with van der Waals surface area (Å²) in [5.74, 6) is 0.194. The van der Waals surface area contributed by atoms with Gasteiger partial charge in [0, 0.05) is 28.6 Å². The molecule has 1 aromatic carbocycles. The first kappa shape index (κ1) is 11.2. The van der Waals surface area contributed by atoms with Crippen LogP contribution < -0.4 is 5.73 Å². The standard InChI is InChI=1S/C11H13Cl2NO/c12-8-2-1-3-9(13)10(8)11(6-14)4-7(11)5-15/h1-3,7,15H,4-6,14H2. The van der Waals surface area contributed by atoms with E-state index in [0.717, 1.165) is 12.0 Å². The van der Waals surface area contributed by atoms with Crippen LogP contribution in [0.1, 0.15) is 12.0 Å². The molecule has 0 aromatic heterocycles. The summed E-state index contributed by atoms with van der Waals surface area (Å²) < 4.78 is 0. The Morgan fingerprint density at radius 3 is 2.40 bits per heavy atom. The summed E-state index contributed by atoms with van der Waals surface area (Å²) in [6.45, 7) is 0.612. The van der Waals surface area contributed by atoms with E-state index < -0.39 is 0 Å². The quantitative estimate of drug-likeness (QED) is 0.858. The van der Waals surface area contributed by atoms with E-state index in [1.807, 2.05) is 18.2 Å². The van der Waals surface area contributed by atoms with Crippen LogP contribution in [0.4, 0.5) is 0 Å². The van der Waals surface area contributed by atoms with Crippen molar-refractivity contribution < 1.29 is 5.11 Å². The van der Waals surface area contributed by atoms with Gasteiger partial charge >= 0.3 is 0 Å². The van der Waals surface area contributed by atoms with E-state index in [2.05, 4.69) is 0 Å². The zero-order valence-electron chi connectivity index (χ0n) is 8.21. The van der Waals surface area contributed by atoms with Crippen LogP contribution in [-0.2, 0) is 5.41 Å². The summed E-state index contributed by atoms with van der Waals surface area (Å²) in [4.78, 5) is 0. The van der Waals surface area contributed by atoms with Gasteiger partial charge in [0.2, 0.25) is 0 Å². The number of aliphatic hydroxyl groups is 1. The first-order valence-electron chi connectivity index (χ1n) is 4.91. The second-order valence-corrected chi connectivity index (χ2v) is 4.85. The molecule has 0 spiro atoms. The summed E-state index contributed by atoms with van der Waals surface area (Å²) >= 11 is 12.3. The van der Waals surface area contributed by atoms with Crippen molar-refractivity contribution in [2.75, 3.05) is 13.2 Å². The lowest BCUT2D eigenvalue weighted by Crippen LogP contribution is -2.24. The highest BCUT2D eigenvalue weighted by molar-refractivity contribution is 6.36. The molecule has 2 atom stereocenters. The second kappa shape index (κ2) is 3.95. The van der Waals surface area contributed by atoms with E-state index in [0.29, 0.717) is 16.6 Å². The molecule has 1 saturated carbocycles. The molecule has 2 rings (SSSR count). The Morgan fingerprint density at radius 1 is 1.40 bits per heavy atom. The van der Waals surface area contributed by atoms with E-state index in [1.165, 1.54) is 0 Å². The molecule has 15 heavy (non-hydrogen) atoms. The highest BCUT2D eigenvalue weighted by Crippen LogP contribution is 2.56. The Morgan fingerprint density at radius 2 is 2.00 bits per heavy atom. The van der Waals surface area contributed by atoms with E-state index in [9.17, 15) is 5.11 Å². The van der Waals surface area contributed by atoms with Crippen LogP contribution >= 0.6 is 23.2 Å². The van der Waals surface area contributed by atoms with E-state index in [-0.39, 0.29) is 17.9 Å². The smallest absolute Gasteiger partial charge is 0.0468 e. The van der Waals surface area contributed by atoms with Crippen molar-refractivity contribution >= 4 is 23.2 Å². The summed E-state index contributed by atoms with van der Waals surface area (Å²) in [7, 11) is 0. The molecule has 4 heteroatoms. The first-order valence-corrected chi connectivity index (χ1v) is 5.66. The van der Waals surface area contributed by atoms with E-state index in [4.69, 9.17) is 28.9 Å². The number of rotatable bonds is 3. The zero-order valence-corrected chi connectivity index (χ0v) is 9.72. The summed E-state index contributed by atoms with van der Waals surface area (Å²) in [5, 5.41) is 10.5. The average molecular weight is 246 g/mol. The minimum atomic E-state index is -0.204. The maximum Gasteiger partial charge on any atom is 0.0468 e. The molecule has 2 nitrogen and oxygen atoms in total. The number of hydrogen-bond acceptors (Lipinski definition) is 2. The van der Waals surface area contributed by atoms with Gasteiger partial charge in [0.15, 0.2) is 0 Å². The third kappa shape index (κ3) is 1.66. The fraction of sp³-hybridized carbons (Fsp3) is 0.455.